The molecule has 0 unspecified atom stereocenters. The third-order valence-corrected chi connectivity index (χ3v) is 3.04. The van der Waals surface area contributed by atoms with E-state index < -0.39 is 24.1 Å². The number of carbonyl (C=O) groups is 1. The van der Waals surface area contributed by atoms with Gasteiger partial charge in [0, 0.05) is 12.1 Å². The van der Waals surface area contributed by atoms with Crippen molar-refractivity contribution in [1.29, 1.82) is 0 Å². The van der Waals surface area contributed by atoms with Gasteiger partial charge in [0.2, 0.25) is 0 Å². The van der Waals surface area contributed by atoms with Crippen LogP contribution in [0.4, 0.5) is 8.78 Å². The van der Waals surface area contributed by atoms with Gasteiger partial charge in [0.1, 0.15) is 12.3 Å². The maximum atomic E-state index is 13.4. The minimum absolute atomic E-state index is 0.166. The van der Waals surface area contributed by atoms with Crippen LogP contribution in [-0.4, -0.2) is 20.6 Å². The molecule has 0 aliphatic carbocycles. The van der Waals surface area contributed by atoms with Crippen molar-refractivity contribution in [3.05, 3.63) is 41.7 Å². The molecule has 0 atom stereocenters. The molecule has 0 saturated heterocycles. The molecular weight excluding hydrogens is 282 g/mol. The van der Waals surface area contributed by atoms with E-state index in [4.69, 9.17) is 9.52 Å². The van der Waals surface area contributed by atoms with Gasteiger partial charge in [-0.3, -0.25) is 4.79 Å². The van der Waals surface area contributed by atoms with Crippen LogP contribution in [0.25, 0.3) is 22.6 Å². The van der Waals surface area contributed by atoms with Crippen LogP contribution < -0.4 is 0 Å². The number of benzene rings is 1. The van der Waals surface area contributed by atoms with Crippen LogP contribution in [0.2, 0.25) is 0 Å². The topological polar surface area (TPSA) is 68.3 Å². The van der Waals surface area contributed by atoms with Crippen LogP contribution in [0.3, 0.4) is 0 Å². The van der Waals surface area contributed by atoms with Crippen LogP contribution in [0, 0.1) is 18.6 Å². The monoisotopic (exact) mass is 292 g/mol. The molecule has 1 aromatic carbocycles. The summed E-state index contributed by atoms with van der Waals surface area (Å²) in [5.74, 6) is -2.04. The minimum Gasteiger partial charge on any atom is -0.480 e. The highest BCUT2D eigenvalue weighted by atomic mass is 19.2. The second-order valence-corrected chi connectivity index (χ2v) is 4.58. The van der Waals surface area contributed by atoms with Crippen LogP contribution in [0.15, 0.2) is 28.7 Å². The number of aliphatic carboxylic acids is 1. The Bertz CT molecular complexity index is 851. The smallest absolute Gasteiger partial charge is 0.323 e. The van der Waals surface area contributed by atoms with Crippen LogP contribution in [0.5, 0.6) is 0 Å². The molecule has 0 amide bonds. The van der Waals surface area contributed by atoms with E-state index in [2.05, 4.69) is 4.98 Å². The molecule has 2 aromatic heterocycles. The van der Waals surface area contributed by atoms with Gasteiger partial charge in [-0.1, -0.05) is 0 Å². The molecular formula is C14H10F2N2O3. The fourth-order valence-electron chi connectivity index (χ4n) is 2.16. The Balaban J connectivity index is 2.29. The molecule has 0 spiro atoms. The summed E-state index contributed by atoms with van der Waals surface area (Å²) in [4.78, 5) is 15.2. The Hall–Kier alpha value is -2.70. The Morgan fingerprint density at radius 3 is 2.67 bits per heavy atom. The standard InChI is InChI=1S/C14H10F2N2O3/c1-7-2-3-12(21-7)14-17-10-4-8(15)9(16)5-11(10)18(14)6-13(19)20/h2-5H,6H2,1H3,(H,19,20). The van der Waals surface area contributed by atoms with Crippen molar-refractivity contribution >= 4 is 17.0 Å². The lowest BCUT2D eigenvalue weighted by molar-refractivity contribution is -0.137. The number of imidazole rings is 1. The summed E-state index contributed by atoms with van der Waals surface area (Å²) in [5, 5.41) is 9.00. The number of carboxylic acids is 1. The van der Waals surface area contributed by atoms with Crippen LogP contribution >= 0.6 is 0 Å². The van der Waals surface area contributed by atoms with E-state index in [9.17, 15) is 13.6 Å². The average molecular weight is 292 g/mol. The third kappa shape index (κ3) is 2.26. The first-order valence-electron chi connectivity index (χ1n) is 6.09. The summed E-state index contributed by atoms with van der Waals surface area (Å²) in [6.07, 6.45) is 0. The van der Waals surface area contributed by atoms with Crippen molar-refractivity contribution in [2.45, 2.75) is 13.5 Å². The van der Waals surface area contributed by atoms with E-state index >= 15 is 0 Å². The molecule has 5 nitrogen and oxygen atoms in total. The third-order valence-electron chi connectivity index (χ3n) is 3.04. The summed E-state index contributed by atoms with van der Waals surface area (Å²) >= 11 is 0. The Morgan fingerprint density at radius 1 is 1.33 bits per heavy atom. The molecule has 3 aromatic rings. The van der Waals surface area contributed by atoms with Crippen molar-refractivity contribution in [3.8, 4) is 11.6 Å². The van der Waals surface area contributed by atoms with E-state index in [0.717, 1.165) is 12.1 Å². The molecule has 0 fully saturated rings. The van der Waals surface area contributed by atoms with Gasteiger partial charge in [-0.15, -0.1) is 0 Å². The molecule has 1 N–H and O–H groups in total. The van der Waals surface area contributed by atoms with Gasteiger partial charge in [-0.2, -0.15) is 0 Å². The molecule has 7 heteroatoms. The van der Waals surface area contributed by atoms with Crippen LogP contribution in [0.1, 0.15) is 5.76 Å². The van der Waals surface area contributed by atoms with Gasteiger partial charge in [0.25, 0.3) is 0 Å². The van der Waals surface area contributed by atoms with Gasteiger partial charge in [-0.25, -0.2) is 13.8 Å². The first-order valence-corrected chi connectivity index (χ1v) is 6.09. The van der Waals surface area contributed by atoms with Crippen molar-refractivity contribution in [1.82, 2.24) is 9.55 Å². The number of hydrogen-bond donors (Lipinski definition) is 1. The molecule has 108 valence electrons. The highest BCUT2D eigenvalue weighted by Gasteiger charge is 2.19. The number of furan rings is 1. The Morgan fingerprint density at radius 2 is 2.05 bits per heavy atom. The van der Waals surface area contributed by atoms with Gasteiger partial charge < -0.3 is 14.1 Å². The SMILES string of the molecule is Cc1ccc(-c2nc3cc(F)c(F)cc3n2CC(=O)O)o1. The predicted molar refractivity (Wildman–Crippen MR) is 69.7 cm³/mol. The zero-order valence-electron chi connectivity index (χ0n) is 10.9. The second-order valence-electron chi connectivity index (χ2n) is 4.58. The van der Waals surface area contributed by atoms with Crippen molar-refractivity contribution in [2.24, 2.45) is 0 Å². The first kappa shape index (κ1) is 13.3. The Labute approximate surface area is 117 Å². The number of hydrogen-bond acceptors (Lipinski definition) is 3. The van der Waals surface area contributed by atoms with Gasteiger partial charge in [-0.05, 0) is 19.1 Å². The Kier molecular flexibility index (Phi) is 2.97. The molecule has 0 saturated carbocycles. The largest absolute Gasteiger partial charge is 0.480 e. The first-order chi connectivity index (χ1) is 9.95. The molecule has 0 aliphatic heterocycles. The van der Waals surface area contributed by atoms with Crippen molar-refractivity contribution in [3.63, 3.8) is 0 Å². The number of fused-ring (bicyclic) bond motifs is 1. The maximum absolute atomic E-state index is 13.4. The lowest BCUT2D eigenvalue weighted by atomic mass is 10.3. The number of halogens is 2. The summed E-state index contributed by atoms with van der Waals surface area (Å²) in [6.45, 7) is 1.30. The lowest BCUT2D eigenvalue weighted by Crippen LogP contribution is -2.10. The fourth-order valence-corrected chi connectivity index (χ4v) is 2.16. The molecule has 0 radical (unpaired) electrons. The summed E-state index contributed by atoms with van der Waals surface area (Å²) in [6, 6.07) is 5.19. The minimum atomic E-state index is -1.12. The highest BCUT2D eigenvalue weighted by Crippen LogP contribution is 2.27. The summed E-state index contributed by atoms with van der Waals surface area (Å²) in [7, 11) is 0. The average Bonchev–Trinajstić information content (AvgIpc) is 2.95. The van der Waals surface area contributed by atoms with Crippen molar-refractivity contribution < 1.29 is 23.1 Å². The van der Waals surface area contributed by atoms with E-state index in [-0.39, 0.29) is 16.9 Å². The quantitative estimate of drug-likeness (QED) is 0.805. The molecule has 0 bridgehead atoms. The fraction of sp³-hybridized carbons (Fsp3) is 0.143. The van der Waals surface area contributed by atoms with Crippen molar-refractivity contribution in [2.75, 3.05) is 0 Å². The van der Waals surface area contributed by atoms with E-state index in [0.29, 0.717) is 11.5 Å². The zero-order valence-corrected chi connectivity index (χ0v) is 10.9. The summed E-state index contributed by atoms with van der Waals surface area (Å²) < 4.78 is 33.4. The summed E-state index contributed by atoms with van der Waals surface area (Å²) in [5.41, 5.74) is 0.361. The molecule has 0 aliphatic rings. The van der Waals surface area contributed by atoms with Gasteiger partial charge in [0.05, 0.1) is 11.0 Å². The molecule has 21 heavy (non-hydrogen) atoms. The lowest BCUT2D eigenvalue weighted by Gasteiger charge is -2.04. The van der Waals surface area contributed by atoms with E-state index in [1.165, 1.54) is 4.57 Å². The predicted octanol–water partition coefficient (Wildman–Crippen LogP) is 2.97. The van der Waals surface area contributed by atoms with Gasteiger partial charge in [0.15, 0.2) is 23.2 Å². The normalized spacial score (nSPS) is 11.2. The molecule has 2 heterocycles. The van der Waals surface area contributed by atoms with Gasteiger partial charge >= 0.3 is 5.97 Å². The number of aromatic nitrogens is 2. The maximum Gasteiger partial charge on any atom is 0.323 e. The van der Waals surface area contributed by atoms with E-state index in [1.54, 1.807) is 19.1 Å². The highest BCUT2D eigenvalue weighted by molar-refractivity contribution is 5.82. The number of aryl methyl sites for hydroxylation is 1. The van der Waals surface area contributed by atoms with Crippen LogP contribution in [-0.2, 0) is 11.3 Å². The molecule has 3 rings (SSSR count). The second kappa shape index (κ2) is 4.69. The number of nitrogens with zero attached hydrogens (tertiary/aromatic N) is 2. The number of rotatable bonds is 3. The zero-order chi connectivity index (χ0) is 15.1. The van der Waals surface area contributed by atoms with E-state index in [1.807, 2.05) is 0 Å². The number of carboxylic acid groups (broad SMARTS) is 1.